The number of carbonyl (C=O) groups is 1. The molecule has 2 heterocycles. The topological polar surface area (TPSA) is 78.8 Å². The van der Waals surface area contributed by atoms with Gasteiger partial charge in [-0.2, -0.15) is 5.10 Å². The van der Waals surface area contributed by atoms with Crippen LogP contribution in [0.4, 0.5) is 4.79 Å². The van der Waals surface area contributed by atoms with Crippen molar-refractivity contribution >= 4 is 17.1 Å². The standard InChI is InChI=1S/C18H22N6O/c1-23(11-15-12-6-5-8-13(12)21-22-15)18(25)19-10-17-20-14-7-3-4-9-16(14)24(17)2/h3-4,7,9H,5-6,8,10-11H2,1-2H3,(H,19,25)(H,21,22). The second-order valence-corrected chi connectivity index (χ2v) is 6.57. The van der Waals surface area contributed by atoms with Crippen LogP contribution in [0.3, 0.4) is 0 Å². The molecule has 1 aromatic carbocycles. The zero-order valence-electron chi connectivity index (χ0n) is 14.5. The molecule has 0 atom stereocenters. The van der Waals surface area contributed by atoms with Crippen molar-refractivity contribution in [3.8, 4) is 0 Å². The van der Waals surface area contributed by atoms with Gasteiger partial charge in [-0.15, -0.1) is 0 Å². The number of benzene rings is 1. The molecule has 2 N–H and O–H groups in total. The molecular formula is C18H22N6O. The molecule has 0 saturated heterocycles. The first kappa shape index (κ1) is 15.7. The fourth-order valence-electron chi connectivity index (χ4n) is 3.46. The molecule has 7 nitrogen and oxygen atoms in total. The van der Waals surface area contributed by atoms with E-state index in [1.807, 2.05) is 35.9 Å². The van der Waals surface area contributed by atoms with Crippen LogP contribution >= 0.6 is 0 Å². The molecule has 3 aromatic rings. The number of imidazole rings is 1. The maximum atomic E-state index is 12.4. The van der Waals surface area contributed by atoms with Crippen LogP contribution in [-0.4, -0.2) is 37.7 Å². The first-order valence-electron chi connectivity index (χ1n) is 8.58. The van der Waals surface area contributed by atoms with Crippen LogP contribution in [0.1, 0.15) is 29.2 Å². The van der Waals surface area contributed by atoms with E-state index in [0.717, 1.165) is 35.4 Å². The van der Waals surface area contributed by atoms with Gasteiger partial charge in [-0.3, -0.25) is 5.10 Å². The predicted octanol–water partition coefficient (Wildman–Crippen LogP) is 2.13. The van der Waals surface area contributed by atoms with Crippen molar-refractivity contribution in [2.45, 2.75) is 32.4 Å². The van der Waals surface area contributed by atoms with E-state index < -0.39 is 0 Å². The predicted molar refractivity (Wildman–Crippen MR) is 95.0 cm³/mol. The highest BCUT2D eigenvalue weighted by molar-refractivity contribution is 5.76. The first-order valence-corrected chi connectivity index (χ1v) is 8.58. The number of fused-ring (bicyclic) bond motifs is 2. The Balaban J connectivity index is 1.40. The van der Waals surface area contributed by atoms with Gasteiger partial charge in [0.1, 0.15) is 5.82 Å². The number of rotatable bonds is 4. The Morgan fingerprint density at radius 2 is 2.20 bits per heavy atom. The normalized spacial score (nSPS) is 13.2. The Morgan fingerprint density at radius 1 is 1.36 bits per heavy atom. The van der Waals surface area contributed by atoms with Gasteiger partial charge in [-0.05, 0) is 37.0 Å². The molecule has 25 heavy (non-hydrogen) atoms. The van der Waals surface area contributed by atoms with E-state index in [-0.39, 0.29) is 6.03 Å². The van der Waals surface area contributed by atoms with Crippen molar-refractivity contribution in [2.24, 2.45) is 7.05 Å². The largest absolute Gasteiger partial charge is 0.331 e. The summed E-state index contributed by atoms with van der Waals surface area (Å²) in [5, 5.41) is 10.4. The fraction of sp³-hybridized carbons (Fsp3) is 0.389. The molecule has 4 rings (SSSR count). The summed E-state index contributed by atoms with van der Waals surface area (Å²) in [7, 11) is 3.76. The number of urea groups is 1. The van der Waals surface area contributed by atoms with E-state index in [9.17, 15) is 4.79 Å². The Morgan fingerprint density at radius 3 is 3.04 bits per heavy atom. The zero-order chi connectivity index (χ0) is 17.4. The second kappa shape index (κ2) is 6.23. The molecule has 2 amide bonds. The molecule has 1 aliphatic carbocycles. The van der Waals surface area contributed by atoms with Crippen LogP contribution in [-0.2, 0) is 33.0 Å². The molecule has 0 radical (unpaired) electrons. The lowest BCUT2D eigenvalue weighted by Gasteiger charge is -2.17. The van der Waals surface area contributed by atoms with Gasteiger partial charge in [0.2, 0.25) is 0 Å². The Bertz CT molecular complexity index is 925. The molecule has 0 saturated carbocycles. The van der Waals surface area contributed by atoms with Crippen molar-refractivity contribution in [2.75, 3.05) is 7.05 Å². The highest BCUT2D eigenvalue weighted by Gasteiger charge is 2.20. The van der Waals surface area contributed by atoms with Crippen LogP contribution in [0.5, 0.6) is 0 Å². The summed E-state index contributed by atoms with van der Waals surface area (Å²) >= 11 is 0. The van der Waals surface area contributed by atoms with Crippen LogP contribution < -0.4 is 5.32 Å². The molecule has 1 aliphatic rings. The van der Waals surface area contributed by atoms with E-state index in [2.05, 4.69) is 20.5 Å². The number of nitrogens with zero attached hydrogens (tertiary/aromatic N) is 4. The second-order valence-electron chi connectivity index (χ2n) is 6.57. The number of aryl methyl sites for hydroxylation is 2. The van der Waals surface area contributed by atoms with Crippen molar-refractivity contribution in [1.82, 2.24) is 30.0 Å². The summed E-state index contributed by atoms with van der Waals surface area (Å²) in [6.45, 7) is 0.910. The summed E-state index contributed by atoms with van der Waals surface area (Å²) in [5.41, 5.74) is 5.49. The molecule has 0 bridgehead atoms. The van der Waals surface area contributed by atoms with Crippen LogP contribution in [0.25, 0.3) is 11.0 Å². The fourth-order valence-corrected chi connectivity index (χ4v) is 3.46. The Hall–Kier alpha value is -2.83. The summed E-state index contributed by atoms with van der Waals surface area (Å²) in [4.78, 5) is 18.7. The van der Waals surface area contributed by atoms with Gasteiger partial charge in [0.15, 0.2) is 0 Å². The average molecular weight is 338 g/mol. The lowest BCUT2D eigenvalue weighted by atomic mass is 10.2. The number of para-hydroxylation sites is 2. The molecule has 0 spiro atoms. The average Bonchev–Trinajstić information content (AvgIpc) is 3.30. The number of hydrogen-bond acceptors (Lipinski definition) is 3. The van der Waals surface area contributed by atoms with E-state index >= 15 is 0 Å². The summed E-state index contributed by atoms with van der Waals surface area (Å²) in [6, 6.07) is 7.83. The van der Waals surface area contributed by atoms with Gasteiger partial charge in [-0.25, -0.2) is 9.78 Å². The number of aromatic amines is 1. The van der Waals surface area contributed by atoms with Crippen molar-refractivity contribution in [3.63, 3.8) is 0 Å². The molecule has 2 aromatic heterocycles. The van der Waals surface area contributed by atoms with Crippen molar-refractivity contribution < 1.29 is 4.79 Å². The first-order chi connectivity index (χ1) is 12.1. The Labute approximate surface area is 146 Å². The van der Waals surface area contributed by atoms with E-state index in [1.54, 1.807) is 11.9 Å². The van der Waals surface area contributed by atoms with Crippen LogP contribution in [0, 0.1) is 0 Å². The lowest BCUT2D eigenvalue weighted by molar-refractivity contribution is 0.205. The van der Waals surface area contributed by atoms with Crippen molar-refractivity contribution in [3.05, 3.63) is 47.0 Å². The van der Waals surface area contributed by atoms with Gasteiger partial charge in [0, 0.05) is 19.8 Å². The third-order valence-electron chi connectivity index (χ3n) is 4.90. The van der Waals surface area contributed by atoms with Gasteiger partial charge in [0.25, 0.3) is 0 Å². The molecule has 130 valence electrons. The molecule has 0 fully saturated rings. The van der Waals surface area contributed by atoms with Gasteiger partial charge >= 0.3 is 6.03 Å². The SMILES string of the molecule is CN(Cc1n[nH]c2c1CCC2)C(=O)NCc1nc2ccccc2n1C. The minimum atomic E-state index is -0.123. The van der Waals surface area contributed by atoms with E-state index in [1.165, 1.54) is 17.7 Å². The van der Waals surface area contributed by atoms with Crippen molar-refractivity contribution in [1.29, 1.82) is 0 Å². The van der Waals surface area contributed by atoms with Crippen LogP contribution in [0.2, 0.25) is 0 Å². The lowest BCUT2D eigenvalue weighted by Crippen LogP contribution is -2.37. The number of aromatic nitrogens is 4. The number of amides is 2. The number of carbonyl (C=O) groups excluding carboxylic acids is 1. The number of H-pyrrole nitrogens is 1. The quantitative estimate of drug-likeness (QED) is 0.765. The van der Waals surface area contributed by atoms with Gasteiger partial charge in [-0.1, -0.05) is 12.1 Å². The number of nitrogens with one attached hydrogen (secondary N) is 2. The molecule has 0 unspecified atom stereocenters. The number of hydrogen-bond donors (Lipinski definition) is 2. The molecular weight excluding hydrogens is 316 g/mol. The van der Waals surface area contributed by atoms with Crippen LogP contribution in [0.15, 0.2) is 24.3 Å². The van der Waals surface area contributed by atoms with Gasteiger partial charge in [0.05, 0.1) is 29.8 Å². The Kier molecular flexibility index (Phi) is 3.91. The maximum Gasteiger partial charge on any atom is 0.317 e. The van der Waals surface area contributed by atoms with E-state index in [0.29, 0.717) is 13.1 Å². The minimum Gasteiger partial charge on any atom is -0.331 e. The minimum absolute atomic E-state index is 0.123. The molecule has 7 heteroatoms. The highest BCUT2D eigenvalue weighted by atomic mass is 16.2. The zero-order valence-corrected chi connectivity index (χ0v) is 14.5. The smallest absolute Gasteiger partial charge is 0.317 e. The third-order valence-corrected chi connectivity index (χ3v) is 4.90. The third kappa shape index (κ3) is 2.86. The van der Waals surface area contributed by atoms with E-state index in [4.69, 9.17) is 0 Å². The summed E-state index contributed by atoms with van der Waals surface area (Å²) < 4.78 is 2.01. The summed E-state index contributed by atoms with van der Waals surface area (Å²) in [6.07, 6.45) is 3.28. The monoisotopic (exact) mass is 338 g/mol. The highest BCUT2D eigenvalue weighted by Crippen LogP contribution is 2.23. The molecule has 0 aliphatic heterocycles. The maximum absolute atomic E-state index is 12.4. The summed E-state index contributed by atoms with van der Waals surface area (Å²) in [5.74, 6) is 0.837. The van der Waals surface area contributed by atoms with Gasteiger partial charge < -0.3 is 14.8 Å².